The molecule has 0 bridgehead atoms. The topological polar surface area (TPSA) is 37.3 Å². The lowest BCUT2D eigenvalue weighted by Crippen LogP contribution is -2.12. The van der Waals surface area contributed by atoms with Crippen molar-refractivity contribution >= 4 is 17.6 Å². The second-order valence-electron chi connectivity index (χ2n) is 4.01. The summed E-state index contributed by atoms with van der Waals surface area (Å²) in [5, 5.41) is 8.64. The third kappa shape index (κ3) is 13.8. The van der Waals surface area contributed by atoms with Crippen LogP contribution in [0.3, 0.4) is 0 Å². The van der Waals surface area contributed by atoms with Crippen LogP contribution in [0.1, 0.15) is 65.7 Å². The number of alkyl halides is 1. The van der Waals surface area contributed by atoms with Gasteiger partial charge in [-0.3, -0.25) is 4.79 Å². The average Bonchev–Trinajstić information content (AvgIpc) is 2.26. The molecule has 0 aliphatic rings. The first-order valence-electron chi connectivity index (χ1n) is 6.42. The lowest BCUT2D eigenvalue weighted by molar-refractivity contribution is -0.142. The van der Waals surface area contributed by atoms with Gasteiger partial charge in [-0.05, 0) is 19.3 Å². The van der Waals surface area contributed by atoms with Crippen molar-refractivity contribution in [2.45, 2.75) is 65.7 Å². The Kier molecular flexibility index (Phi) is 16.7. The average molecular weight is 251 g/mol. The van der Waals surface area contributed by atoms with Gasteiger partial charge >= 0.3 is 5.97 Å². The molecule has 0 saturated heterocycles. The van der Waals surface area contributed by atoms with Crippen molar-refractivity contribution in [3.63, 3.8) is 0 Å². The summed E-state index contributed by atoms with van der Waals surface area (Å²) in [6, 6.07) is 0. The number of aliphatic carboxylic acids is 1. The highest BCUT2D eigenvalue weighted by molar-refractivity contribution is 6.17. The zero-order valence-corrected chi connectivity index (χ0v) is 11.7. The van der Waals surface area contributed by atoms with Crippen molar-refractivity contribution in [1.29, 1.82) is 0 Å². The minimum Gasteiger partial charge on any atom is -0.481 e. The molecule has 0 aliphatic heterocycles. The van der Waals surface area contributed by atoms with Gasteiger partial charge in [0.15, 0.2) is 0 Å². The van der Waals surface area contributed by atoms with Crippen LogP contribution in [0.4, 0.5) is 0 Å². The molecule has 0 aliphatic carbocycles. The molecular weight excluding hydrogens is 224 g/mol. The molecule has 0 spiro atoms. The van der Waals surface area contributed by atoms with Crippen LogP contribution < -0.4 is 0 Å². The highest BCUT2D eigenvalue weighted by Crippen LogP contribution is 2.12. The molecule has 16 heavy (non-hydrogen) atoms. The Labute approximate surface area is 105 Å². The second kappa shape index (κ2) is 14.8. The molecule has 0 aromatic carbocycles. The van der Waals surface area contributed by atoms with Crippen LogP contribution >= 0.6 is 11.6 Å². The second-order valence-corrected chi connectivity index (χ2v) is 4.39. The van der Waals surface area contributed by atoms with Gasteiger partial charge in [-0.2, -0.15) is 0 Å². The summed E-state index contributed by atoms with van der Waals surface area (Å²) in [5.41, 5.74) is 0. The van der Waals surface area contributed by atoms with Gasteiger partial charge in [-0.15, -0.1) is 11.6 Å². The molecule has 0 atom stereocenters. The predicted molar refractivity (Wildman–Crippen MR) is 71.2 cm³/mol. The molecule has 0 unspecified atom stereocenters. The summed E-state index contributed by atoms with van der Waals surface area (Å²) in [5.74, 6) is 0.0899. The highest BCUT2D eigenvalue weighted by atomic mass is 35.5. The van der Waals surface area contributed by atoms with E-state index in [1.165, 1.54) is 19.3 Å². The van der Waals surface area contributed by atoms with Gasteiger partial charge in [0.2, 0.25) is 0 Å². The third-order valence-electron chi connectivity index (χ3n) is 2.36. The fourth-order valence-electron chi connectivity index (χ4n) is 1.43. The van der Waals surface area contributed by atoms with Gasteiger partial charge in [-0.1, -0.05) is 46.5 Å². The van der Waals surface area contributed by atoms with Crippen LogP contribution in [0.25, 0.3) is 0 Å². The maximum Gasteiger partial charge on any atom is 0.306 e. The summed E-state index contributed by atoms with van der Waals surface area (Å²) in [6.45, 7) is 6.21. The van der Waals surface area contributed by atoms with E-state index in [1.807, 2.05) is 13.8 Å². The SMILES string of the molecule is CCCC(CCC)C(=O)O.CCCCCCl. The minimum atomic E-state index is -0.635. The number of carboxylic acids is 1. The van der Waals surface area contributed by atoms with E-state index in [4.69, 9.17) is 16.7 Å². The third-order valence-corrected chi connectivity index (χ3v) is 2.63. The molecule has 1 N–H and O–H groups in total. The Hall–Kier alpha value is -0.240. The van der Waals surface area contributed by atoms with E-state index in [9.17, 15) is 4.79 Å². The molecule has 0 aromatic heterocycles. The van der Waals surface area contributed by atoms with Crippen LogP contribution in [-0.4, -0.2) is 17.0 Å². The Morgan fingerprint density at radius 2 is 1.56 bits per heavy atom. The number of hydrogen-bond donors (Lipinski definition) is 1. The van der Waals surface area contributed by atoms with E-state index in [1.54, 1.807) is 0 Å². The summed E-state index contributed by atoms with van der Waals surface area (Å²) in [4.78, 5) is 10.5. The fourth-order valence-corrected chi connectivity index (χ4v) is 1.62. The summed E-state index contributed by atoms with van der Waals surface area (Å²) < 4.78 is 0. The molecule has 0 rings (SSSR count). The van der Waals surface area contributed by atoms with E-state index in [0.29, 0.717) is 0 Å². The Morgan fingerprint density at radius 1 is 1.06 bits per heavy atom. The molecule has 0 radical (unpaired) electrons. The van der Waals surface area contributed by atoms with Crippen LogP contribution in [0.15, 0.2) is 0 Å². The van der Waals surface area contributed by atoms with Crippen molar-refractivity contribution in [3.05, 3.63) is 0 Å². The molecule has 2 nitrogen and oxygen atoms in total. The molecule has 3 heteroatoms. The molecule has 0 saturated carbocycles. The number of halogens is 1. The lowest BCUT2D eigenvalue weighted by Gasteiger charge is -2.07. The van der Waals surface area contributed by atoms with E-state index in [2.05, 4.69) is 6.92 Å². The largest absolute Gasteiger partial charge is 0.481 e. The van der Waals surface area contributed by atoms with Gasteiger partial charge in [0.05, 0.1) is 5.92 Å². The number of carboxylic acid groups (broad SMARTS) is 1. The Balaban J connectivity index is 0. The molecule has 98 valence electrons. The van der Waals surface area contributed by atoms with Crippen molar-refractivity contribution in [1.82, 2.24) is 0 Å². The van der Waals surface area contributed by atoms with Crippen LogP contribution in [0, 0.1) is 5.92 Å². The first kappa shape index (κ1) is 18.1. The maximum atomic E-state index is 10.5. The van der Waals surface area contributed by atoms with Crippen LogP contribution in [-0.2, 0) is 4.79 Å². The molecule has 0 fully saturated rings. The fraction of sp³-hybridized carbons (Fsp3) is 0.923. The number of hydrogen-bond acceptors (Lipinski definition) is 1. The highest BCUT2D eigenvalue weighted by Gasteiger charge is 2.13. The van der Waals surface area contributed by atoms with Crippen molar-refractivity contribution in [3.8, 4) is 0 Å². The zero-order valence-electron chi connectivity index (χ0n) is 11.0. The van der Waals surface area contributed by atoms with Gasteiger partial charge < -0.3 is 5.11 Å². The molecule has 0 heterocycles. The number of unbranched alkanes of at least 4 members (excludes halogenated alkanes) is 2. The maximum absolute atomic E-state index is 10.5. The minimum absolute atomic E-state index is 0.102. The Bertz CT molecular complexity index is 139. The lowest BCUT2D eigenvalue weighted by atomic mass is 9.99. The summed E-state index contributed by atoms with van der Waals surface area (Å²) in [7, 11) is 0. The van der Waals surface area contributed by atoms with Crippen molar-refractivity contribution in [2.24, 2.45) is 5.92 Å². The van der Waals surface area contributed by atoms with E-state index in [-0.39, 0.29) is 5.92 Å². The quantitative estimate of drug-likeness (QED) is 0.501. The van der Waals surface area contributed by atoms with Gasteiger partial charge in [-0.25, -0.2) is 0 Å². The molecule has 0 aromatic rings. The first-order valence-corrected chi connectivity index (χ1v) is 6.96. The van der Waals surface area contributed by atoms with Gasteiger partial charge in [0.25, 0.3) is 0 Å². The van der Waals surface area contributed by atoms with Crippen molar-refractivity contribution < 1.29 is 9.90 Å². The van der Waals surface area contributed by atoms with Crippen LogP contribution in [0.5, 0.6) is 0 Å². The summed E-state index contributed by atoms with van der Waals surface area (Å²) >= 11 is 5.38. The summed E-state index contributed by atoms with van der Waals surface area (Å²) in [6.07, 6.45) is 7.31. The monoisotopic (exact) mass is 250 g/mol. The molecular formula is C13H27ClO2. The van der Waals surface area contributed by atoms with E-state index >= 15 is 0 Å². The van der Waals surface area contributed by atoms with Gasteiger partial charge in [0, 0.05) is 5.88 Å². The van der Waals surface area contributed by atoms with E-state index in [0.717, 1.165) is 31.6 Å². The normalized spacial score (nSPS) is 9.81. The predicted octanol–water partition coefficient (Wildman–Crippen LogP) is 4.70. The van der Waals surface area contributed by atoms with Crippen LogP contribution in [0.2, 0.25) is 0 Å². The standard InChI is InChI=1S/C8H16O2.C5H11Cl/c1-3-5-7(6-4-2)8(9)10;1-2-3-4-5-6/h7H,3-6H2,1-2H3,(H,9,10);2-5H2,1H3. The molecule has 0 amide bonds. The zero-order chi connectivity index (χ0) is 12.8. The van der Waals surface area contributed by atoms with Gasteiger partial charge in [0.1, 0.15) is 0 Å². The van der Waals surface area contributed by atoms with Crippen molar-refractivity contribution in [2.75, 3.05) is 5.88 Å². The number of carbonyl (C=O) groups is 1. The van der Waals surface area contributed by atoms with E-state index < -0.39 is 5.97 Å². The first-order chi connectivity index (χ1) is 7.63. The smallest absolute Gasteiger partial charge is 0.306 e. The Morgan fingerprint density at radius 3 is 1.75 bits per heavy atom. The number of rotatable bonds is 8.